The van der Waals surface area contributed by atoms with Crippen molar-refractivity contribution in [3.63, 3.8) is 0 Å². The van der Waals surface area contributed by atoms with Crippen LogP contribution in [0.25, 0.3) is 0 Å². The van der Waals surface area contributed by atoms with Crippen LogP contribution in [0.1, 0.15) is 32.3 Å². The monoisotopic (exact) mass is 260 g/mol. The van der Waals surface area contributed by atoms with Crippen LogP contribution in [0, 0.1) is 20.8 Å². The lowest BCUT2D eigenvalue weighted by Crippen LogP contribution is -2.01. The fourth-order valence-electron chi connectivity index (χ4n) is 2.17. The van der Waals surface area contributed by atoms with Crippen molar-refractivity contribution < 1.29 is 0 Å². The van der Waals surface area contributed by atoms with E-state index in [0.717, 1.165) is 23.5 Å². The van der Waals surface area contributed by atoms with Gasteiger partial charge in [-0.25, -0.2) is 4.98 Å². The third kappa shape index (κ3) is 2.79. The zero-order chi connectivity index (χ0) is 13.1. The van der Waals surface area contributed by atoms with Crippen LogP contribution in [0.2, 0.25) is 0 Å². The van der Waals surface area contributed by atoms with Gasteiger partial charge >= 0.3 is 0 Å². The molecule has 2 N–H and O–H groups in total. The summed E-state index contributed by atoms with van der Waals surface area (Å²) in [6, 6.07) is 6.48. The minimum Gasteiger partial charge on any atom is -0.330 e. The number of hydrogen-bond acceptors (Lipinski definition) is 3. The van der Waals surface area contributed by atoms with Crippen LogP contribution in [-0.4, -0.2) is 11.5 Å². The maximum atomic E-state index is 5.59. The molecule has 0 aliphatic carbocycles. The molecule has 0 atom stereocenters. The van der Waals surface area contributed by atoms with E-state index < -0.39 is 0 Å². The molecule has 0 saturated carbocycles. The van der Waals surface area contributed by atoms with Gasteiger partial charge in [0.1, 0.15) is 0 Å². The first-order chi connectivity index (χ1) is 8.61. The molecule has 0 unspecified atom stereocenters. The molecule has 0 saturated heterocycles. The highest BCUT2D eigenvalue weighted by Gasteiger charge is 2.10. The average Bonchev–Trinajstić information content (AvgIpc) is 2.65. The Kier molecular flexibility index (Phi) is 4.15. The lowest BCUT2D eigenvalue weighted by molar-refractivity contribution is 0.943. The molecule has 18 heavy (non-hydrogen) atoms. The predicted octanol–water partition coefficient (Wildman–Crippen LogP) is 3.16. The molecule has 1 aromatic heterocycles. The van der Waals surface area contributed by atoms with E-state index >= 15 is 0 Å². The molecule has 0 bridgehead atoms. The smallest absolute Gasteiger partial charge is 0.0943 e. The second-order valence-electron chi connectivity index (χ2n) is 4.70. The lowest BCUT2D eigenvalue weighted by atomic mass is 9.99. The van der Waals surface area contributed by atoms with Crippen molar-refractivity contribution >= 4 is 11.3 Å². The Morgan fingerprint density at radius 3 is 2.44 bits per heavy atom. The third-order valence-electron chi connectivity index (χ3n) is 3.28. The number of nitrogens with two attached hydrogens (primary N) is 1. The van der Waals surface area contributed by atoms with Crippen LogP contribution in [0.5, 0.6) is 0 Å². The van der Waals surface area contributed by atoms with Crippen molar-refractivity contribution in [1.82, 2.24) is 4.98 Å². The van der Waals surface area contributed by atoms with E-state index in [2.05, 4.69) is 44.0 Å². The number of nitrogens with zero attached hydrogens (tertiary/aromatic N) is 1. The van der Waals surface area contributed by atoms with Crippen molar-refractivity contribution in [3.05, 3.63) is 50.5 Å². The van der Waals surface area contributed by atoms with Gasteiger partial charge in [0.25, 0.3) is 0 Å². The van der Waals surface area contributed by atoms with Crippen molar-refractivity contribution in [3.8, 4) is 0 Å². The van der Waals surface area contributed by atoms with Crippen molar-refractivity contribution in [1.29, 1.82) is 0 Å². The van der Waals surface area contributed by atoms with Gasteiger partial charge in [-0.3, -0.25) is 0 Å². The zero-order valence-corrected chi connectivity index (χ0v) is 12.1. The van der Waals surface area contributed by atoms with E-state index in [4.69, 9.17) is 5.73 Å². The first-order valence-corrected chi connectivity index (χ1v) is 7.13. The van der Waals surface area contributed by atoms with Gasteiger partial charge in [0.05, 0.1) is 10.7 Å². The quantitative estimate of drug-likeness (QED) is 0.917. The highest BCUT2D eigenvalue weighted by molar-refractivity contribution is 7.11. The fraction of sp³-hybridized carbons (Fsp3) is 0.400. The Morgan fingerprint density at radius 1 is 1.17 bits per heavy atom. The standard InChI is InChI=1S/C15H20N2S/c1-10-5-4-6-11(2)13(10)9-14-12(3)17-15(18-14)7-8-16/h4-6H,7-9,16H2,1-3H3. The molecule has 2 aromatic rings. The molecule has 3 heteroatoms. The Bertz CT molecular complexity index is 523. The molecule has 0 aliphatic heterocycles. The molecule has 1 aromatic carbocycles. The molecule has 1 heterocycles. The summed E-state index contributed by atoms with van der Waals surface area (Å²) in [4.78, 5) is 5.97. The van der Waals surface area contributed by atoms with Crippen LogP contribution in [0.4, 0.5) is 0 Å². The van der Waals surface area contributed by atoms with Gasteiger partial charge in [-0.2, -0.15) is 0 Å². The Balaban J connectivity index is 2.28. The molecular formula is C15H20N2S. The van der Waals surface area contributed by atoms with Gasteiger partial charge in [-0.05, 0) is 44.0 Å². The first-order valence-electron chi connectivity index (χ1n) is 6.32. The highest BCUT2D eigenvalue weighted by atomic mass is 32.1. The minimum atomic E-state index is 0.676. The Morgan fingerprint density at radius 2 is 1.83 bits per heavy atom. The predicted molar refractivity (Wildman–Crippen MR) is 78.3 cm³/mol. The van der Waals surface area contributed by atoms with E-state index in [0.29, 0.717) is 6.54 Å². The van der Waals surface area contributed by atoms with E-state index in [-0.39, 0.29) is 0 Å². The normalized spacial score (nSPS) is 10.9. The Labute approximate surface area is 113 Å². The number of thiazole rings is 1. The van der Waals surface area contributed by atoms with Crippen LogP contribution in [-0.2, 0) is 12.8 Å². The summed E-state index contributed by atoms with van der Waals surface area (Å²) in [7, 11) is 0. The molecule has 0 amide bonds. The topological polar surface area (TPSA) is 38.9 Å². The van der Waals surface area contributed by atoms with Gasteiger partial charge in [0.15, 0.2) is 0 Å². The number of hydrogen-bond donors (Lipinski definition) is 1. The van der Waals surface area contributed by atoms with Crippen molar-refractivity contribution in [2.45, 2.75) is 33.6 Å². The third-order valence-corrected chi connectivity index (χ3v) is 4.49. The van der Waals surface area contributed by atoms with Crippen LogP contribution < -0.4 is 5.73 Å². The van der Waals surface area contributed by atoms with E-state index in [1.54, 1.807) is 11.3 Å². The average molecular weight is 260 g/mol. The van der Waals surface area contributed by atoms with Gasteiger partial charge in [-0.1, -0.05) is 18.2 Å². The lowest BCUT2D eigenvalue weighted by Gasteiger charge is -2.08. The Hall–Kier alpha value is -1.19. The summed E-state index contributed by atoms with van der Waals surface area (Å²) < 4.78 is 0. The highest BCUT2D eigenvalue weighted by Crippen LogP contribution is 2.25. The first kappa shape index (κ1) is 13.2. The summed E-state index contributed by atoms with van der Waals surface area (Å²) in [5, 5.41) is 1.16. The van der Waals surface area contributed by atoms with E-state index in [9.17, 15) is 0 Å². The largest absolute Gasteiger partial charge is 0.330 e. The fourth-order valence-corrected chi connectivity index (χ4v) is 3.27. The number of rotatable bonds is 4. The zero-order valence-electron chi connectivity index (χ0n) is 11.3. The summed E-state index contributed by atoms with van der Waals surface area (Å²) in [5.41, 5.74) is 10.9. The maximum absolute atomic E-state index is 5.59. The minimum absolute atomic E-state index is 0.676. The number of benzene rings is 1. The summed E-state index contributed by atoms with van der Waals surface area (Å²) in [6.07, 6.45) is 1.88. The molecule has 0 fully saturated rings. The SMILES string of the molecule is Cc1cccc(C)c1Cc1sc(CCN)nc1C. The maximum Gasteiger partial charge on any atom is 0.0943 e. The van der Waals surface area contributed by atoms with Gasteiger partial charge in [0, 0.05) is 17.7 Å². The molecule has 0 spiro atoms. The van der Waals surface area contributed by atoms with Crippen LogP contribution >= 0.6 is 11.3 Å². The number of aromatic nitrogens is 1. The molecule has 0 radical (unpaired) electrons. The molecule has 0 aliphatic rings. The van der Waals surface area contributed by atoms with Gasteiger partial charge in [0.2, 0.25) is 0 Å². The van der Waals surface area contributed by atoms with Crippen molar-refractivity contribution in [2.24, 2.45) is 5.73 Å². The summed E-state index contributed by atoms with van der Waals surface area (Å²) in [5.74, 6) is 0. The van der Waals surface area contributed by atoms with Crippen LogP contribution in [0.3, 0.4) is 0 Å². The second-order valence-corrected chi connectivity index (χ2v) is 5.87. The molecule has 2 nitrogen and oxygen atoms in total. The molecule has 2 rings (SSSR count). The molecule has 96 valence electrons. The summed E-state index contributed by atoms with van der Waals surface area (Å²) >= 11 is 1.81. The van der Waals surface area contributed by atoms with Gasteiger partial charge in [-0.15, -0.1) is 11.3 Å². The van der Waals surface area contributed by atoms with Crippen molar-refractivity contribution in [2.75, 3.05) is 6.54 Å². The molecular weight excluding hydrogens is 240 g/mol. The summed E-state index contributed by atoms with van der Waals surface area (Å²) in [6.45, 7) is 7.13. The second kappa shape index (κ2) is 5.63. The van der Waals surface area contributed by atoms with Crippen LogP contribution in [0.15, 0.2) is 18.2 Å². The van der Waals surface area contributed by atoms with E-state index in [1.807, 2.05) is 0 Å². The van der Waals surface area contributed by atoms with E-state index in [1.165, 1.54) is 21.6 Å². The van der Waals surface area contributed by atoms with Gasteiger partial charge < -0.3 is 5.73 Å². The number of aryl methyl sites for hydroxylation is 3.